The first kappa shape index (κ1) is 11.2. The summed E-state index contributed by atoms with van der Waals surface area (Å²) in [6.07, 6.45) is -2.74. The number of alkyl halides is 2. The minimum Gasteiger partial charge on any atom is -0.381 e. The second kappa shape index (κ2) is 4.11. The van der Waals surface area contributed by atoms with Crippen molar-refractivity contribution >= 4 is 11.5 Å². The number of aromatic nitrogens is 1. The number of nitrogens with zero attached hydrogens (tertiary/aromatic N) is 2. The topological polar surface area (TPSA) is 68.1 Å². The second-order valence-electron chi connectivity index (χ2n) is 2.53. The molecular formula is C7H6F3N3O2. The average molecular weight is 221 g/mol. The SMILES string of the molecule is CNc1c([N+](=O)[O-])ncc(F)c1C(F)F. The Morgan fingerprint density at radius 3 is 2.60 bits per heavy atom. The number of nitro groups is 1. The van der Waals surface area contributed by atoms with E-state index in [4.69, 9.17) is 0 Å². The summed E-state index contributed by atoms with van der Waals surface area (Å²) in [7, 11) is 1.18. The van der Waals surface area contributed by atoms with Crippen LogP contribution in [0, 0.1) is 15.9 Å². The van der Waals surface area contributed by atoms with Crippen molar-refractivity contribution in [2.45, 2.75) is 6.43 Å². The van der Waals surface area contributed by atoms with Crippen molar-refractivity contribution in [2.24, 2.45) is 0 Å². The van der Waals surface area contributed by atoms with Crippen molar-refractivity contribution in [2.75, 3.05) is 12.4 Å². The molecule has 8 heteroatoms. The predicted octanol–water partition coefficient (Wildman–Crippen LogP) is 2.11. The van der Waals surface area contributed by atoms with Gasteiger partial charge in [-0.25, -0.2) is 13.2 Å². The zero-order valence-electron chi connectivity index (χ0n) is 7.50. The second-order valence-corrected chi connectivity index (χ2v) is 2.53. The van der Waals surface area contributed by atoms with Crippen LogP contribution in [-0.4, -0.2) is 17.0 Å². The first-order chi connectivity index (χ1) is 6.99. The summed E-state index contributed by atoms with van der Waals surface area (Å²) in [6, 6.07) is 0. The van der Waals surface area contributed by atoms with Gasteiger partial charge in [-0.2, -0.15) is 0 Å². The molecule has 0 aliphatic carbocycles. The molecule has 15 heavy (non-hydrogen) atoms. The molecule has 0 saturated carbocycles. The maximum absolute atomic E-state index is 12.9. The van der Waals surface area contributed by atoms with Crippen LogP contribution < -0.4 is 5.32 Å². The van der Waals surface area contributed by atoms with Crippen molar-refractivity contribution in [3.8, 4) is 0 Å². The third kappa shape index (κ3) is 1.97. The molecule has 5 nitrogen and oxygen atoms in total. The maximum atomic E-state index is 12.9. The summed E-state index contributed by atoms with van der Waals surface area (Å²) in [5.74, 6) is -2.10. The van der Waals surface area contributed by atoms with Crippen LogP contribution in [0.25, 0.3) is 0 Å². The number of nitrogens with one attached hydrogen (secondary N) is 1. The quantitative estimate of drug-likeness (QED) is 0.626. The van der Waals surface area contributed by atoms with Gasteiger partial charge in [-0.1, -0.05) is 0 Å². The lowest BCUT2D eigenvalue weighted by molar-refractivity contribution is -0.388. The van der Waals surface area contributed by atoms with Gasteiger partial charge in [0, 0.05) is 7.05 Å². The Morgan fingerprint density at radius 1 is 1.60 bits per heavy atom. The van der Waals surface area contributed by atoms with E-state index in [2.05, 4.69) is 10.3 Å². The number of rotatable bonds is 3. The van der Waals surface area contributed by atoms with Gasteiger partial charge in [0.2, 0.25) is 0 Å². The molecule has 0 fully saturated rings. The molecule has 0 aliphatic rings. The van der Waals surface area contributed by atoms with Crippen molar-refractivity contribution in [3.63, 3.8) is 0 Å². The smallest absolute Gasteiger partial charge is 0.381 e. The van der Waals surface area contributed by atoms with Gasteiger partial charge in [0.05, 0.1) is 5.56 Å². The predicted molar refractivity (Wildman–Crippen MR) is 45.4 cm³/mol. The van der Waals surface area contributed by atoms with Gasteiger partial charge in [0.25, 0.3) is 6.43 Å². The Balaban J connectivity index is 3.47. The molecule has 1 N–H and O–H groups in total. The van der Waals surface area contributed by atoms with Crippen LogP contribution in [0.1, 0.15) is 12.0 Å². The van der Waals surface area contributed by atoms with Gasteiger partial charge >= 0.3 is 5.82 Å². The van der Waals surface area contributed by atoms with E-state index in [1.165, 1.54) is 7.05 Å². The molecular weight excluding hydrogens is 215 g/mol. The first-order valence-corrected chi connectivity index (χ1v) is 3.77. The standard InChI is InChI=1S/C7H6F3N3O2/c1-11-5-4(6(9)10)3(8)2-12-7(5)13(14)15/h2,6,11H,1H3. The number of hydrogen-bond acceptors (Lipinski definition) is 4. The fourth-order valence-electron chi connectivity index (χ4n) is 1.09. The third-order valence-electron chi connectivity index (χ3n) is 1.69. The zero-order valence-corrected chi connectivity index (χ0v) is 7.50. The molecule has 1 heterocycles. The molecule has 0 unspecified atom stereocenters. The van der Waals surface area contributed by atoms with E-state index in [0.717, 1.165) is 0 Å². The summed E-state index contributed by atoms with van der Waals surface area (Å²) >= 11 is 0. The van der Waals surface area contributed by atoms with Crippen LogP contribution in [-0.2, 0) is 0 Å². The summed E-state index contributed by atoms with van der Waals surface area (Å²) in [5, 5.41) is 12.5. The Morgan fingerprint density at radius 2 is 2.20 bits per heavy atom. The molecule has 0 bridgehead atoms. The normalized spacial score (nSPS) is 10.5. The minimum atomic E-state index is -3.14. The molecule has 0 amide bonds. The van der Waals surface area contributed by atoms with Crippen molar-refractivity contribution in [3.05, 3.63) is 27.7 Å². The fraction of sp³-hybridized carbons (Fsp3) is 0.286. The molecule has 0 aromatic carbocycles. The van der Waals surface area contributed by atoms with Crippen molar-refractivity contribution in [1.82, 2.24) is 4.98 Å². The van der Waals surface area contributed by atoms with Crippen LogP contribution in [0.3, 0.4) is 0 Å². The van der Waals surface area contributed by atoms with E-state index < -0.39 is 34.2 Å². The first-order valence-electron chi connectivity index (χ1n) is 3.77. The van der Waals surface area contributed by atoms with Gasteiger partial charge in [0.1, 0.15) is 5.69 Å². The molecule has 1 aromatic heterocycles. The molecule has 0 aliphatic heterocycles. The van der Waals surface area contributed by atoms with E-state index in [-0.39, 0.29) is 0 Å². The Bertz CT molecular complexity index is 397. The van der Waals surface area contributed by atoms with Crippen LogP contribution in [0.2, 0.25) is 0 Å². The van der Waals surface area contributed by atoms with E-state index >= 15 is 0 Å². The fourth-order valence-corrected chi connectivity index (χ4v) is 1.09. The third-order valence-corrected chi connectivity index (χ3v) is 1.69. The molecule has 82 valence electrons. The monoisotopic (exact) mass is 221 g/mol. The van der Waals surface area contributed by atoms with Gasteiger partial charge < -0.3 is 15.4 Å². The van der Waals surface area contributed by atoms with E-state index in [1.807, 2.05) is 0 Å². The van der Waals surface area contributed by atoms with Crippen LogP contribution in [0.15, 0.2) is 6.20 Å². The highest BCUT2D eigenvalue weighted by molar-refractivity contribution is 5.63. The van der Waals surface area contributed by atoms with Crippen LogP contribution >= 0.6 is 0 Å². The number of anilines is 1. The molecule has 0 spiro atoms. The van der Waals surface area contributed by atoms with E-state index in [1.54, 1.807) is 0 Å². The highest BCUT2D eigenvalue weighted by Gasteiger charge is 2.27. The Kier molecular flexibility index (Phi) is 3.08. The summed E-state index contributed by atoms with van der Waals surface area (Å²) < 4.78 is 37.7. The maximum Gasteiger partial charge on any atom is 0.387 e. The van der Waals surface area contributed by atoms with Gasteiger partial charge in [0.15, 0.2) is 12.0 Å². The largest absolute Gasteiger partial charge is 0.387 e. The Hall–Kier alpha value is -1.86. The van der Waals surface area contributed by atoms with Crippen LogP contribution in [0.5, 0.6) is 0 Å². The van der Waals surface area contributed by atoms with Crippen LogP contribution in [0.4, 0.5) is 24.7 Å². The van der Waals surface area contributed by atoms with Gasteiger partial charge in [-0.05, 0) is 9.91 Å². The molecule has 0 radical (unpaired) electrons. The minimum absolute atomic E-state index is 0.403. The number of pyridine rings is 1. The van der Waals surface area contributed by atoms with Gasteiger partial charge in [-0.3, -0.25) is 0 Å². The van der Waals surface area contributed by atoms with E-state index in [0.29, 0.717) is 6.20 Å². The van der Waals surface area contributed by atoms with Gasteiger partial charge in [-0.15, -0.1) is 0 Å². The molecule has 0 atom stereocenters. The number of halogens is 3. The lowest BCUT2D eigenvalue weighted by atomic mass is 10.2. The Labute approximate surface area is 82.1 Å². The zero-order chi connectivity index (χ0) is 11.6. The highest BCUT2D eigenvalue weighted by Crippen LogP contribution is 2.34. The molecule has 1 aromatic rings. The summed E-state index contributed by atoms with van der Waals surface area (Å²) in [6.45, 7) is 0. The summed E-state index contributed by atoms with van der Waals surface area (Å²) in [5.41, 5.74) is -1.64. The van der Waals surface area contributed by atoms with E-state index in [9.17, 15) is 23.3 Å². The average Bonchev–Trinajstić information content (AvgIpc) is 2.15. The lowest BCUT2D eigenvalue weighted by Crippen LogP contribution is -2.06. The molecule has 1 rings (SSSR count). The van der Waals surface area contributed by atoms with Crippen molar-refractivity contribution < 1.29 is 18.1 Å². The number of hydrogen-bond donors (Lipinski definition) is 1. The highest BCUT2D eigenvalue weighted by atomic mass is 19.3. The lowest BCUT2D eigenvalue weighted by Gasteiger charge is -2.08. The molecule has 0 saturated heterocycles. The van der Waals surface area contributed by atoms with Crippen molar-refractivity contribution in [1.29, 1.82) is 0 Å². The summed E-state index contributed by atoms with van der Waals surface area (Å²) in [4.78, 5) is 12.6.